The fourth-order valence-electron chi connectivity index (χ4n) is 2.12. The molecule has 1 N–H and O–H groups in total. The van der Waals surface area contributed by atoms with Crippen LogP contribution in [0.4, 0.5) is 10.5 Å². The number of hydrogen-bond donors (Lipinski definition) is 1. The van der Waals surface area contributed by atoms with Gasteiger partial charge in [0, 0.05) is 34.7 Å². The number of hydrogen-bond acceptors (Lipinski definition) is 2. The molecule has 0 radical (unpaired) electrons. The van der Waals surface area contributed by atoms with E-state index in [-0.39, 0.29) is 0 Å². The number of aromatic nitrogens is 1. The third-order valence-electron chi connectivity index (χ3n) is 2.95. The summed E-state index contributed by atoms with van der Waals surface area (Å²) in [5, 5.41) is 4.87. The minimum Gasteiger partial charge on any atom is -0.444 e. The number of halogens is 1. The van der Waals surface area contributed by atoms with Crippen molar-refractivity contribution in [2.24, 2.45) is 0 Å². The minimum absolute atomic E-state index is 0.430. The number of benzene rings is 1. The first-order valence-electron chi connectivity index (χ1n) is 7.04. The van der Waals surface area contributed by atoms with E-state index >= 15 is 0 Å². The number of fused-ring (bicyclic) bond motifs is 1. The number of rotatable bonds is 4. The summed E-state index contributed by atoms with van der Waals surface area (Å²) in [5.74, 6) is 0. The van der Waals surface area contributed by atoms with Crippen LogP contribution in [0.15, 0.2) is 30.5 Å². The summed E-state index contributed by atoms with van der Waals surface area (Å²) >= 11 is 3.45. The fraction of sp³-hybridized carbons (Fsp3) is 0.438. The van der Waals surface area contributed by atoms with Gasteiger partial charge in [-0.25, -0.2) is 4.79 Å². The molecule has 4 nitrogen and oxygen atoms in total. The highest BCUT2D eigenvalue weighted by atomic mass is 79.9. The van der Waals surface area contributed by atoms with Gasteiger partial charge in [-0.15, -0.1) is 0 Å². The van der Waals surface area contributed by atoms with Gasteiger partial charge < -0.3 is 9.30 Å². The predicted octanol–water partition coefficient (Wildman–Crippen LogP) is 4.77. The average Bonchev–Trinajstić information content (AvgIpc) is 2.76. The zero-order valence-electron chi connectivity index (χ0n) is 12.6. The summed E-state index contributed by atoms with van der Waals surface area (Å²) in [6, 6.07) is 7.95. The number of alkyl halides is 1. The molecule has 0 saturated carbocycles. The number of aryl methyl sites for hydroxylation is 1. The predicted molar refractivity (Wildman–Crippen MR) is 90.2 cm³/mol. The molecule has 0 aliphatic heterocycles. The largest absolute Gasteiger partial charge is 0.444 e. The van der Waals surface area contributed by atoms with Crippen molar-refractivity contribution in [1.29, 1.82) is 0 Å². The Morgan fingerprint density at radius 1 is 1.33 bits per heavy atom. The Labute approximate surface area is 133 Å². The van der Waals surface area contributed by atoms with Crippen LogP contribution in [0.5, 0.6) is 0 Å². The minimum atomic E-state index is -0.493. The van der Waals surface area contributed by atoms with Crippen LogP contribution in [-0.2, 0) is 11.3 Å². The van der Waals surface area contributed by atoms with Crippen LogP contribution in [0.25, 0.3) is 10.9 Å². The van der Waals surface area contributed by atoms with Crippen molar-refractivity contribution in [3.8, 4) is 0 Å². The smallest absolute Gasteiger partial charge is 0.412 e. The van der Waals surface area contributed by atoms with E-state index < -0.39 is 11.7 Å². The second-order valence-corrected chi connectivity index (χ2v) is 6.75. The Morgan fingerprint density at radius 3 is 2.76 bits per heavy atom. The number of nitrogens with zero attached hydrogens (tertiary/aromatic N) is 1. The van der Waals surface area contributed by atoms with Gasteiger partial charge in [-0.2, -0.15) is 0 Å². The molecule has 1 aromatic heterocycles. The summed E-state index contributed by atoms with van der Waals surface area (Å²) in [6.45, 7) is 6.52. The second-order valence-electron chi connectivity index (χ2n) is 5.95. The van der Waals surface area contributed by atoms with Gasteiger partial charge in [-0.1, -0.05) is 15.9 Å². The van der Waals surface area contributed by atoms with Crippen LogP contribution in [-0.4, -0.2) is 21.6 Å². The molecule has 0 aliphatic rings. The first kappa shape index (κ1) is 15.9. The molecule has 0 atom stereocenters. The van der Waals surface area contributed by atoms with Crippen molar-refractivity contribution in [2.75, 3.05) is 10.6 Å². The van der Waals surface area contributed by atoms with E-state index in [0.29, 0.717) is 0 Å². The van der Waals surface area contributed by atoms with E-state index in [2.05, 4.69) is 38.1 Å². The monoisotopic (exact) mass is 352 g/mol. The lowest BCUT2D eigenvalue weighted by Crippen LogP contribution is -2.27. The molecule has 0 bridgehead atoms. The molecule has 1 heterocycles. The molecule has 0 aliphatic carbocycles. The third-order valence-corrected chi connectivity index (χ3v) is 3.51. The summed E-state index contributed by atoms with van der Waals surface area (Å²) in [7, 11) is 0. The fourth-order valence-corrected chi connectivity index (χ4v) is 2.38. The number of anilines is 1. The van der Waals surface area contributed by atoms with Crippen molar-refractivity contribution >= 4 is 38.6 Å². The quantitative estimate of drug-likeness (QED) is 0.805. The van der Waals surface area contributed by atoms with E-state index in [0.717, 1.165) is 29.4 Å². The van der Waals surface area contributed by atoms with Gasteiger partial charge in [0.1, 0.15) is 5.60 Å². The Hall–Kier alpha value is -1.49. The van der Waals surface area contributed by atoms with Gasteiger partial charge in [0.2, 0.25) is 0 Å². The van der Waals surface area contributed by atoms with Crippen molar-refractivity contribution in [2.45, 2.75) is 39.3 Å². The number of amides is 1. The Morgan fingerprint density at radius 2 is 2.10 bits per heavy atom. The van der Waals surface area contributed by atoms with E-state index in [1.165, 1.54) is 5.52 Å². The maximum absolute atomic E-state index is 11.8. The Balaban J connectivity index is 2.11. The lowest BCUT2D eigenvalue weighted by Gasteiger charge is -2.19. The van der Waals surface area contributed by atoms with Crippen molar-refractivity contribution in [3.63, 3.8) is 0 Å². The van der Waals surface area contributed by atoms with Gasteiger partial charge in [0.25, 0.3) is 0 Å². The van der Waals surface area contributed by atoms with Gasteiger partial charge in [-0.05, 0) is 51.5 Å². The van der Waals surface area contributed by atoms with E-state index in [4.69, 9.17) is 4.74 Å². The van der Waals surface area contributed by atoms with Crippen LogP contribution >= 0.6 is 15.9 Å². The van der Waals surface area contributed by atoms with Crippen LogP contribution < -0.4 is 5.32 Å². The zero-order chi connectivity index (χ0) is 15.5. The standard InChI is InChI=1S/C16H21BrN2O2/c1-16(2,3)21-15(20)18-13-5-6-14-12(11-13)7-10-19(14)9-4-8-17/h5-7,10-11H,4,8-9H2,1-3H3,(H,18,20). The van der Waals surface area contributed by atoms with Gasteiger partial charge >= 0.3 is 6.09 Å². The maximum atomic E-state index is 11.8. The van der Waals surface area contributed by atoms with Gasteiger partial charge in [0.05, 0.1) is 0 Å². The molecule has 0 saturated heterocycles. The molecule has 114 valence electrons. The summed E-state index contributed by atoms with van der Waals surface area (Å²) in [4.78, 5) is 11.8. The molecular formula is C16H21BrN2O2. The normalized spacial score (nSPS) is 11.6. The molecule has 21 heavy (non-hydrogen) atoms. The summed E-state index contributed by atoms with van der Waals surface area (Å²) < 4.78 is 7.47. The molecule has 0 spiro atoms. The number of ether oxygens (including phenoxy) is 1. The SMILES string of the molecule is CC(C)(C)OC(=O)Nc1ccc2c(ccn2CCCBr)c1. The van der Waals surface area contributed by atoms with Crippen LogP contribution in [0.2, 0.25) is 0 Å². The molecule has 0 fully saturated rings. The van der Waals surface area contributed by atoms with E-state index in [9.17, 15) is 4.79 Å². The van der Waals surface area contributed by atoms with Crippen molar-refractivity contribution in [1.82, 2.24) is 4.57 Å². The highest BCUT2D eigenvalue weighted by molar-refractivity contribution is 9.09. The first-order valence-corrected chi connectivity index (χ1v) is 8.16. The van der Waals surface area contributed by atoms with Crippen molar-refractivity contribution < 1.29 is 9.53 Å². The zero-order valence-corrected chi connectivity index (χ0v) is 14.2. The van der Waals surface area contributed by atoms with Crippen LogP contribution in [0.3, 0.4) is 0 Å². The topological polar surface area (TPSA) is 43.3 Å². The highest BCUT2D eigenvalue weighted by Gasteiger charge is 2.16. The summed E-state index contributed by atoms with van der Waals surface area (Å²) in [6.07, 6.45) is 2.73. The molecule has 1 amide bonds. The maximum Gasteiger partial charge on any atom is 0.412 e. The molecule has 2 aromatic rings. The van der Waals surface area contributed by atoms with Gasteiger partial charge in [-0.3, -0.25) is 5.32 Å². The number of nitrogens with one attached hydrogen (secondary N) is 1. The number of carbonyl (C=O) groups excluding carboxylic acids is 1. The second kappa shape index (κ2) is 6.52. The average molecular weight is 353 g/mol. The lowest BCUT2D eigenvalue weighted by atomic mass is 10.2. The molecule has 0 unspecified atom stereocenters. The highest BCUT2D eigenvalue weighted by Crippen LogP contribution is 2.21. The third kappa shape index (κ3) is 4.49. The molecular weight excluding hydrogens is 332 g/mol. The van der Waals surface area contributed by atoms with E-state index in [1.807, 2.05) is 39.0 Å². The lowest BCUT2D eigenvalue weighted by molar-refractivity contribution is 0.0636. The Bertz CT molecular complexity index is 629. The van der Waals surface area contributed by atoms with E-state index in [1.54, 1.807) is 0 Å². The van der Waals surface area contributed by atoms with Gasteiger partial charge in [0.15, 0.2) is 0 Å². The first-order chi connectivity index (χ1) is 9.89. The molecule has 1 aromatic carbocycles. The van der Waals surface area contributed by atoms with Crippen LogP contribution in [0, 0.1) is 0 Å². The molecule has 5 heteroatoms. The van der Waals surface area contributed by atoms with Crippen molar-refractivity contribution in [3.05, 3.63) is 30.5 Å². The molecule has 2 rings (SSSR count). The summed E-state index contributed by atoms with van der Waals surface area (Å²) in [5.41, 5.74) is 1.42. The number of carbonyl (C=O) groups is 1. The Kier molecular flexibility index (Phi) is 4.93. The van der Waals surface area contributed by atoms with Crippen LogP contribution in [0.1, 0.15) is 27.2 Å².